The Morgan fingerprint density at radius 2 is 1.19 bits per heavy atom. The fourth-order valence-electron chi connectivity index (χ4n) is 5.95. The first-order valence-corrected chi connectivity index (χ1v) is 21.1. The summed E-state index contributed by atoms with van der Waals surface area (Å²) in [5, 5.41) is 9.36. The second-order valence-corrected chi connectivity index (χ2v) is 16.9. The zero-order valence-electron chi connectivity index (χ0n) is 30.7. The Hall–Kier alpha value is -3.57. The van der Waals surface area contributed by atoms with Gasteiger partial charge in [0.25, 0.3) is 0 Å². The number of ether oxygens (including phenoxy) is 2. The highest BCUT2D eigenvalue weighted by atomic mass is 79.9. The quantitative estimate of drug-likeness (QED) is 0.0684. The monoisotopic (exact) mass is 829 g/mol. The van der Waals surface area contributed by atoms with Crippen LogP contribution in [0.15, 0.2) is 91.0 Å². The molecule has 0 radical (unpaired) electrons. The van der Waals surface area contributed by atoms with Crippen LogP contribution in [0.2, 0.25) is 0 Å². The van der Waals surface area contributed by atoms with Gasteiger partial charge in [0.05, 0.1) is 31.8 Å². The first-order chi connectivity index (χ1) is 25.2. The number of esters is 2. The summed E-state index contributed by atoms with van der Waals surface area (Å²) < 4.78 is 10.1. The van der Waals surface area contributed by atoms with Crippen molar-refractivity contribution in [2.45, 2.75) is 70.9 Å². The largest absolute Gasteiger partial charge is 1.00 e. The van der Waals surface area contributed by atoms with E-state index in [1.165, 1.54) is 27.7 Å². The standard InChI is InChI=1S/C40H52N3O7PS.BrH/c1-3-49-39(47)26-24-36(44)35(30-52-29-27-41)43-38(46)25-23-34(40(48)50-4-2)42-37(45)22-14-15-28-51(31-16-8-5-9-17-31,32-18-10-6-11-19-32)33-20-12-7-13-21-33;/h5-13,16-21,34-35H,3-4,14-15,22-30,41H2,1-2H3,(H-,42,43,45,46);1H/t34-,35-;/m0./s1. The van der Waals surface area contributed by atoms with Gasteiger partial charge in [0, 0.05) is 37.3 Å². The average Bonchev–Trinajstić information content (AvgIpc) is 3.16. The first-order valence-electron chi connectivity index (χ1n) is 18.0. The Morgan fingerprint density at radius 1 is 0.679 bits per heavy atom. The molecule has 0 unspecified atom stereocenters. The molecule has 53 heavy (non-hydrogen) atoms. The lowest BCUT2D eigenvalue weighted by Gasteiger charge is -2.27. The number of unbranched alkanes of at least 4 members (excludes halogenated alkanes) is 1. The van der Waals surface area contributed by atoms with E-state index in [1.807, 2.05) is 18.2 Å². The Labute approximate surface area is 329 Å². The van der Waals surface area contributed by atoms with Gasteiger partial charge in [-0.3, -0.25) is 19.2 Å². The molecular weight excluding hydrogens is 777 g/mol. The maximum absolute atomic E-state index is 13.2. The molecule has 0 aliphatic carbocycles. The summed E-state index contributed by atoms with van der Waals surface area (Å²) in [6.45, 7) is 4.12. The number of Topliss-reactive ketones (excluding diaryl/α,β-unsaturated/α-hetero) is 1. The third-order valence-corrected chi connectivity index (χ3v) is 14.1. The van der Waals surface area contributed by atoms with Crippen LogP contribution in [0.5, 0.6) is 0 Å². The van der Waals surface area contributed by atoms with Gasteiger partial charge in [0.1, 0.15) is 29.2 Å². The molecule has 0 saturated carbocycles. The second kappa shape index (κ2) is 25.4. The first kappa shape index (κ1) is 45.6. The lowest BCUT2D eigenvalue weighted by molar-refractivity contribution is -0.147. The van der Waals surface area contributed by atoms with Gasteiger partial charge in [-0.15, -0.1) is 0 Å². The van der Waals surface area contributed by atoms with Gasteiger partial charge in [-0.05, 0) is 69.5 Å². The summed E-state index contributed by atoms with van der Waals surface area (Å²) in [6, 6.07) is 29.8. The van der Waals surface area contributed by atoms with Gasteiger partial charge < -0.3 is 42.8 Å². The van der Waals surface area contributed by atoms with Crippen molar-refractivity contribution in [3.05, 3.63) is 91.0 Å². The summed E-state index contributed by atoms with van der Waals surface area (Å²) in [7, 11) is -2.03. The lowest BCUT2D eigenvalue weighted by Crippen LogP contribution is -3.00. The predicted molar refractivity (Wildman–Crippen MR) is 211 cm³/mol. The SMILES string of the molecule is CCOC(=O)CCC(=O)[C@H](CSCCN)NC(=O)CC[C@H](NC(=O)CCCC[P+](c1ccccc1)(c1ccccc1)c1ccccc1)C(=O)OCC.[Br-]. The number of hydrogen-bond donors (Lipinski definition) is 3. The topological polar surface area (TPSA) is 154 Å². The van der Waals surface area contributed by atoms with E-state index in [0.717, 1.165) is 12.6 Å². The number of nitrogens with one attached hydrogen (secondary N) is 2. The van der Waals surface area contributed by atoms with Gasteiger partial charge >= 0.3 is 11.9 Å². The Bertz CT molecular complexity index is 1460. The summed E-state index contributed by atoms with van der Waals surface area (Å²) >= 11 is 1.42. The van der Waals surface area contributed by atoms with Crippen LogP contribution in [0, 0.1) is 0 Å². The molecule has 0 heterocycles. The molecule has 2 amide bonds. The molecule has 0 aliphatic heterocycles. The normalized spacial score (nSPS) is 12.1. The van der Waals surface area contributed by atoms with Crippen molar-refractivity contribution in [3.8, 4) is 0 Å². The van der Waals surface area contributed by atoms with Crippen molar-refractivity contribution in [3.63, 3.8) is 0 Å². The van der Waals surface area contributed by atoms with E-state index in [4.69, 9.17) is 15.2 Å². The van der Waals surface area contributed by atoms with Crippen LogP contribution >= 0.6 is 19.0 Å². The molecular formula is C40H53BrN3O7PS. The van der Waals surface area contributed by atoms with E-state index >= 15 is 0 Å². The molecule has 0 saturated heterocycles. The van der Waals surface area contributed by atoms with Gasteiger partial charge in [-0.25, -0.2) is 4.79 Å². The predicted octanol–water partition coefficient (Wildman–Crippen LogP) is 1.07. The molecule has 0 aromatic heterocycles. The van der Waals surface area contributed by atoms with Crippen LogP contribution in [-0.4, -0.2) is 79.0 Å². The van der Waals surface area contributed by atoms with Gasteiger partial charge in [-0.1, -0.05) is 54.6 Å². The highest BCUT2D eigenvalue weighted by Gasteiger charge is 2.44. The number of amides is 2. The maximum atomic E-state index is 13.2. The van der Waals surface area contributed by atoms with Crippen LogP contribution in [0.4, 0.5) is 0 Å². The number of thioether (sulfide) groups is 1. The number of rotatable bonds is 24. The van der Waals surface area contributed by atoms with Crippen LogP contribution in [-0.2, 0) is 33.4 Å². The molecule has 0 fully saturated rings. The Morgan fingerprint density at radius 3 is 1.70 bits per heavy atom. The molecule has 0 aliphatic rings. The number of halogens is 1. The highest BCUT2D eigenvalue weighted by Crippen LogP contribution is 2.55. The Kier molecular flexibility index (Phi) is 21.9. The minimum Gasteiger partial charge on any atom is -1.00 e. The molecule has 4 N–H and O–H groups in total. The Balaban J connectivity index is 0.00000972. The molecule has 10 nitrogen and oxygen atoms in total. The van der Waals surface area contributed by atoms with Crippen LogP contribution in [0.25, 0.3) is 0 Å². The van der Waals surface area contributed by atoms with Crippen molar-refractivity contribution >= 4 is 64.5 Å². The van der Waals surface area contributed by atoms with Crippen LogP contribution < -0.4 is 49.3 Å². The third kappa shape index (κ3) is 15.0. The number of benzene rings is 3. The number of nitrogens with two attached hydrogens (primary N) is 1. The number of carbonyl (C=O) groups is 5. The van der Waals surface area contributed by atoms with Gasteiger partial charge in [0.2, 0.25) is 11.8 Å². The molecule has 3 rings (SSSR count). The smallest absolute Gasteiger partial charge is 0.328 e. The third-order valence-electron chi connectivity index (χ3n) is 8.46. The lowest BCUT2D eigenvalue weighted by atomic mass is 10.1. The van der Waals surface area contributed by atoms with E-state index in [-0.39, 0.29) is 74.0 Å². The van der Waals surface area contributed by atoms with E-state index < -0.39 is 37.2 Å². The van der Waals surface area contributed by atoms with Crippen molar-refractivity contribution in [2.24, 2.45) is 5.73 Å². The van der Waals surface area contributed by atoms with Crippen molar-refractivity contribution in [2.75, 3.05) is 37.4 Å². The summed E-state index contributed by atoms with van der Waals surface area (Å²) in [5.74, 6) is -1.24. The van der Waals surface area contributed by atoms with E-state index in [9.17, 15) is 24.0 Å². The molecule has 3 aromatic rings. The van der Waals surface area contributed by atoms with Crippen molar-refractivity contribution in [1.82, 2.24) is 10.6 Å². The van der Waals surface area contributed by atoms with Crippen molar-refractivity contribution in [1.29, 1.82) is 0 Å². The summed E-state index contributed by atoms with van der Waals surface area (Å²) in [6.07, 6.45) is 2.18. The zero-order valence-corrected chi connectivity index (χ0v) is 34.0. The minimum absolute atomic E-state index is 0. The van der Waals surface area contributed by atoms with Gasteiger partial charge in [0.15, 0.2) is 5.78 Å². The maximum Gasteiger partial charge on any atom is 0.328 e. The van der Waals surface area contributed by atoms with Crippen LogP contribution in [0.3, 0.4) is 0 Å². The summed E-state index contributed by atoms with van der Waals surface area (Å²) in [5.41, 5.74) is 5.60. The van der Waals surface area contributed by atoms with Gasteiger partial charge in [-0.2, -0.15) is 11.8 Å². The second-order valence-electron chi connectivity index (χ2n) is 12.2. The number of hydrogen-bond acceptors (Lipinski definition) is 9. The zero-order chi connectivity index (χ0) is 37.6. The number of ketones is 1. The van der Waals surface area contributed by atoms with Crippen LogP contribution in [0.1, 0.15) is 58.8 Å². The molecule has 3 aromatic carbocycles. The number of carbonyl (C=O) groups excluding carboxylic acids is 5. The molecule has 288 valence electrons. The minimum atomic E-state index is -2.03. The fourth-order valence-corrected chi connectivity index (χ4v) is 11.2. The van der Waals surface area contributed by atoms with E-state index in [2.05, 4.69) is 83.4 Å². The van der Waals surface area contributed by atoms with Crippen molar-refractivity contribution < 1.29 is 50.4 Å². The molecule has 0 bridgehead atoms. The van der Waals surface area contributed by atoms with E-state index in [1.54, 1.807) is 13.8 Å². The van der Waals surface area contributed by atoms with E-state index in [0.29, 0.717) is 24.5 Å². The fraction of sp³-hybridized carbons (Fsp3) is 0.425. The summed E-state index contributed by atoms with van der Waals surface area (Å²) in [4.78, 5) is 63.8. The molecule has 2 atom stereocenters. The average molecular weight is 831 g/mol. The molecule has 13 heteroatoms. The molecule has 0 spiro atoms. The highest BCUT2D eigenvalue weighted by molar-refractivity contribution is 7.99.